The Labute approximate surface area is 409 Å². The van der Waals surface area contributed by atoms with E-state index in [9.17, 15) is 0 Å². The van der Waals surface area contributed by atoms with Gasteiger partial charge in [0.1, 0.15) is 0 Å². The van der Waals surface area contributed by atoms with Gasteiger partial charge < -0.3 is 9.80 Å². The number of fused-ring (bicyclic) bond motifs is 3. The van der Waals surface area contributed by atoms with Crippen LogP contribution in [-0.2, 0) is 32.4 Å². The van der Waals surface area contributed by atoms with Gasteiger partial charge in [-0.05, 0) is 148 Å². The Hall–Kier alpha value is -4.70. The van der Waals surface area contributed by atoms with Crippen LogP contribution in [-0.4, -0.2) is 13.4 Å². The number of nitrogens with zero attached hydrogens (tertiary/aromatic N) is 4. The molecule has 6 heteroatoms. The molecule has 5 aromatic carbocycles. The average Bonchev–Trinajstić information content (AvgIpc) is 3.68. The molecule has 0 radical (unpaired) electrons. The second-order valence-electron chi connectivity index (χ2n) is 19.6. The molecule has 66 heavy (non-hydrogen) atoms. The number of hydrogen-bond acceptors (Lipinski definition) is 5. The number of rotatable bonds is 18. The molecule has 0 saturated carbocycles. The van der Waals surface area contributed by atoms with Crippen molar-refractivity contribution < 1.29 is 0 Å². The molecule has 1 aliphatic carbocycles. The minimum Gasteiger partial charge on any atom is -0.342 e. The normalized spacial score (nSPS) is 12.4. The first-order chi connectivity index (χ1) is 31.6. The van der Waals surface area contributed by atoms with E-state index in [1.165, 1.54) is 83.7 Å². The Morgan fingerprint density at radius 1 is 0.606 bits per heavy atom. The molecule has 0 fully saturated rings. The maximum atomic E-state index is 4.13. The van der Waals surface area contributed by atoms with Gasteiger partial charge in [-0.3, -0.25) is 9.98 Å². The van der Waals surface area contributed by atoms with E-state index in [0.29, 0.717) is 35.5 Å². The number of benzene rings is 5. The maximum Gasteiger partial charge on any atom is 0.0483 e. The van der Waals surface area contributed by atoms with E-state index in [2.05, 4.69) is 241 Å². The Morgan fingerprint density at radius 2 is 1.17 bits per heavy atom. The first-order valence-electron chi connectivity index (χ1n) is 24.2. The molecule has 6 rings (SSSR count). The van der Waals surface area contributed by atoms with Crippen LogP contribution in [0.4, 0.5) is 11.4 Å². The van der Waals surface area contributed by atoms with Gasteiger partial charge in [-0.15, -0.1) is 0 Å². The van der Waals surface area contributed by atoms with Crippen molar-refractivity contribution in [3.8, 4) is 11.1 Å². The molecular formula is C60H81N4PS. The fraction of sp³-hybridized carbons (Fsp3) is 0.400. The molecule has 0 N–H and O–H groups in total. The zero-order chi connectivity index (χ0) is 48.7. The van der Waals surface area contributed by atoms with Gasteiger partial charge in [0, 0.05) is 49.3 Å². The van der Waals surface area contributed by atoms with Gasteiger partial charge in [0.25, 0.3) is 0 Å². The summed E-state index contributed by atoms with van der Waals surface area (Å²) in [5.41, 5.74) is 20.9. The highest BCUT2D eigenvalue weighted by Gasteiger charge is 2.30. The summed E-state index contributed by atoms with van der Waals surface area (Å²) in [6, 6.07) is 34.0. The molecule has 5 aromatic rings. The van der Waals surface area contributed by atoms with Crippen LogP contribution >= 0.6 is 20.7 Å². The van der Waals surface area contributed by atoms with Crippen LogP contribution in [0.15, 0.2) is 126 Å². The number of aliphatic imine (C=N–C) groups is 2. The SMILES string of the molecule is C=N/C=C\N(Cc1ccc(C)cc1C[C@H](C)C(C)C)c1c(C(C)C)cc2c(c1C(C)C)Cc1ccccc1-2.C=N/C=C\N(Cc1ccc(CC)cc1)c1c(C(C)C)cccc1C(C)C.PS. The molecule has 0 bridgehead atoms. The maximum absolute atomic E-state index is 4.13. The summed E-state index contributed by atoms with van der Waals surface area (Å²) in [7, 11) is 2.11. The molecule has 0 spiro atoms. The van der Waals surface area contributed by atoms with Crippen molar-refractivity contribution in [3.63, 3.8) is 0 Å². The van der Waals surface area contributed by atoms with Crippen molar-refractivity contribution in [2.45, 2.75) is 146 Å². The van der Waals surface area contributed by atoms with Crippen LogP contribution in [0.5, 0.6) is 0 Å². The average molecular weight is 921 g/mol. The van der Waals surface area contributed by atoms with Crippen molar-refractivity contribution in [3.05, 3.63) is 177 Å². The Morgan fingerprint density at radius 3 is 1.70 bits per heavy atom. The first kappa shape index (κ1) is 53.9. The molecule has 352 valence electrons. The van der Waals surface area contributed by atoms with Crippen molar-refractivity contribution in [1.82, 2.24) is 0 Å². The predicted octanol–water partition coefficient (Wildman–Crippen LogP) is 17.2. The lowest BCUT2D eigenvalue weighted by molar-refractivity contribution is 0.416. The topological polar surface area (TPSA) is 31.2 Å². The highest BCUT2D eigenvalue weighted by Crippen LogP contribution is 2.48. The Balaban J connectivity index is 0.000000297. The summed E-state index contributed by atoms with van der Waals surface area (Å²) in [6.45, 7) is 38.8. The van der Waals surface area contributed by atoms with Crippen molar-refractivity contribution in [2.24, 2.45) is 21.8 Å². The standard InChI is InChI=1S/C36H46N2.C24H32N2.H3PS/c1-23(2)27(8)19-30-18-26(7)14-15-29(30)22-38(17-16-37-9)36-32(24(3)4)21-33-31-13-11-10-12-28(31)20-34(33)35(36)25(5)6;1-7-20-11-13-21(14-12-20)17-26(16-15-25-6)24-22(18(2)3)9-8-10-23(24)19(4)5;1-2/h10-18,21,23-25,27H,9,19-20,22H2,1-8H3;8-16,18-19H,6-7,17H2,1-5H3;2H,1H2/b17-16-;16-15-;/t27-;;/m0../s1. The second-order valence-corrected chi connectivity index (χ2v) is 19.6. The van der Waals surface area contributed by atoms with E-state index in [0.717, 1.165) is 32.4 Å². The summed E-state index contributed by atoms with van der Waals surface area (Å²) >= 11 is 3.44. The van der Waals surface area contributed by atoms with Gasteiger partial charge in [-0.1, -0.05) is 182 Å². The van der Waals surface area contributed by atoms with Crippen LogP contribution < -0.4 is 9.80 Å². The van der Waals surface area contributed by atoms with Gasteiger partial charge in [0.15, 0.2) is 0 Å². The van der Waals surface area contributed by atoms with Crippen LogP contribution in [0.25, 0.3) is 11.1 Å². The van der Waals surface area contributed by atoms with Crippen LogP contribution in [0.3, 0.4) is 0 Å². The lowest BCUT2D eigenvalue weighted by atomic mass is 9.84. The number of thiol groups is 1. The first-order valence-corrected chi connectivity index (χ1v) is 26.3. The van der Waals surface area contributed by atoms with E-state index in [4.69, 9.17) is 0 Å². The molecule has 0 amide bonds. The molecule has 0 heterocycles. The molecule has 4 nitrogen and oxygen atoms in total. The van der Waals surface area contributed by atoms with Crippen molar-refractivity contribution in [2.75, 3.05) is 9.80 Å². The number of anilines is 2. The quantitative estimate of drug-likeness (QED) is 0.0529. The minimum atomic E-state index is 0.395. The molecule has 0 aliphatic heterocycles. The Bertz CT molecular complexity index is 2380. The molecule has 1 unspecified atom stereocenters. The molecule has 2 atom stereocenters. The van der Waals surface area contributed by atoms with Crippen LogP contribution in [0, 0.1) is 18.8 Å². The fourth-order valence-electron chi connectivity index (χ4n) is 9.15. The third-order valence-corrected chi connectivity index (χ3v) is 13.1. The number of hydrogen-bond donors (Lipinski definition) is 1. The lowest BCUT2D eigenvalue weighted by Gasteiger charge is -2.32. The third-order valence-electron chi connectivity index (χ3n) is 13.1. The molecular weight excluding hydrogens is 840 g/mol. The fourth-order valence-corrected chi connectivity index (χ4v) is 9.15. The summed E-state index contributed by atoms with van der Waals surface area (Å²) in [6.07, 6.45) is 11.0. The van der Waals surface area contributed by atoms with Crippen LogP contribution in [0.2, 0.25) is 0 Å². The molecule has 0 saturated heterocycles. The van der Waals surface area contributed by atoms with Crippen LogP contribution in [0.1, 0.15) is 168 Å². The minimum absolute atomic E-state index is 0.395. The summed E-state index contributed by atoms with van der Waals surface area (Å²) in [4.78, 5) is 12.9. The van der Waals surface area contributed by atoms with E-state index < -0.39 is 0 Å². The molecule has 0 aromatic heterocycles. The van der Waals surface area contributed by atoms with Gasteiger partial charge >= 0.3 is 0 Å². The summed E-state index contributed by atoms with van der Waals surface area (Å²) in [5.74, 6) is 3.00. The smallest absolute Gasteiger partial charge is 0.0483 e. The summed E-state index contributed by atoms with van der Waals surface area (Å²) in [5, 5.41) is 0. The van der Waals surface area contributed by atoms with E-state index in [1.54, 1.807) is 6.20 Å². The lowest BCUT2D eigenvalue weighted by Crippen LogP contribution is -2.22. The van der Waals surface area contributed by atoms with Gasteiger partial charge in [-0.25, -0.2) is 0 Å². The Kier molecular flexibility index (Phi) is 21.2. The van der Waals surface area contributed by atoms with Gasteiger partial charge in [-0.2, -0.15) is 12.2 Å². The largest absolute Gasteiger partial charge is 0.342 e. The zero-order valence-corrected chi connectivity index (χ0v) is 44.7. The van der Waals surface area contributed by atoms with E-state index >= 15 is 0 Å². The highest BCUT2D eigenvalue weighted by atomic mass is 32.7. The van der Waals surface area contributed by atoms with E-state index in [-0.39, 0.29) is 0 Å². The van der Waals surface area contributed by atoms with Crippen molar-refractivity contribution >= 4 is 45.5 Å². The van der Waals surface area contributed by atoms with Crippen molar-refractivity contribution in [1.29, 1.82) is 0 Å². The number of para-hydroxylation sites is 1. The monoisotopic (exact) mass is 921 g/mol. The zero-order valence-electron chi connectivity index (χ0n) is 42.7. The summed E-state index contributed by atoms with van der Waals surface area (Å²) < 4.78 is 0. The number of aryl methyl sites for hydroxylation is 2. The predicted molar refractivity (Wildman–Crippen MR) is 301 cm³/mol. The van der Waals surface area contributed by atoms with Gasteiger partial charge in [0.05, 0.1) is 0 Å². The second kappa shape index (κ2) is 26.0. The molecule has 1 aliphatic rings. The van der Waals surface area contributed by atoms with E-state index in [1.807, 2.05) is 12.4 Å². The van der Waals surface area contributed by atoms with Gasteiger partial charge in [0.2, 0.25) is 0 Å². The third kappa shape index (κ3) is 13.7. The highest BCUT2D eigenvalue weighted by molar-refractivity contribution is 8.31.